The molecule has 0 bridgehead atoms. The normalized spacial score (nSPS) is 11.9. The fraction of sp³-hybridized carbons (Fsp3) is 0.273. The molecular formula is C33H34F2N10O. The van der Waals surface area contributed by atoms with Gasteiger partial charge in [0.2, 0.25) is 5.91 Å². The van der Waals surface area contributed by atoms with Crippen molar-refractivity contribution in [1.29, 1.82) is 0 Å². The van der Waals surface area contributed by atoms with Gasteiger partial charge >= 0.3 is 0 Å². The Kier molecular flexibility index (Phi) is 8.17. The van der Waals surface area contributed by atoms with Crippen LogP contribution in [0.1, 0.15) is 27.2 Å². The molecule has 0 spiro atoms. The summed E-state index contributed by atoms with van der Waals surface area (Å²) < 4.78 is 31.0. The summed E-state index contributed by atoms with van der Waals surface area (Å²) >= 11 is 0. The van der Waals surface area contributed by atoms with Crippen LogP contribution in [0, 0.1) is 17.0 Å². The highest BCUT2D eigenvalue weighted by Gasteiger charge is 2.22. The fourth-order valence-corrected chi connectivity index (χ4v) is 5.18. The van der Waals surface area contributed by atoms with Crippen LogP contribution in [0.4, 0.5) is 20.2 Å². The molecule has 1 amide bonds. The van der Waals surface area contributed by atoms with Crippen LogP contribution >= 0.6 is 0 Å². The summed E-state index contributed by atoms with van der Waals surface area (Å²) in [5.74, 6) is -0.837. The largest absolute Gasteiger partial charge is 0.384 e. The van der Waals surface area contributed by atoms with E-state index in [9.17, 15) is 9.18 Å². The number of likely N-dealkylation sites (N-methyl/N-ethyl adjacent to an activating group) is 1. The van der Waals surface area contributed by atoms with Crippen LogP contribution in [0.15, 0.2) is 55.1 Å². The minimum absolute atomic E-state index is 0.131. The summed E-state index contributed by atoms with van der Waals surface area (Å²) in [5.41, 5.74) is 4.07. The Morgan fingerprint density at radius 1 is 1.00 bits per heavy atom. The van der Waals surface area contributed by atoms with Crippen LogP contribution in [0.5, 0.6) is 0 Å². The molecule has 5 aromatic heterocycles. The van der Waals surface area contributed by atoms with Gasteiger partial charge in [0.15, 0.2) is 11.5 Å². The van der Waals surface area contributed by atoms with E-state index in [-0.39, 0.29) is 33.6 Å². The number of H-pyrrole nitrogens is 2. The van der Waals surface area contributed by atoms with E-state index in [1.54, 1.807) is 18.3 Å². The summed E-state index contributed by atoms with van der Waals surface area (Å²) in [6.45, 7) is 7.35. The number of hydrogen-bond donors (Lipinski definition) is 4. The number of halogens is 2. The lowest BCUT2D eigenvalue weighted by atomic mass is 9.92. The highest BCUT2D eigenvalue weighted by molar-refractivity contribution is 5.97. The van der Waals surface area contributed by atoms with Crippen molar-refractivity contribution in [2.45, 2.75) is 27.2 Å². The van der Waals surface area contributed by atoms with Crippen LogP contribution in [0.2, 0.25) is 0 Å². The molecule has 0 fully saturated rings. The number of aromatic amines is 2. The van der Waals surface area contributed by atoms with Gasteiger partial charge < -0.3 is 20.5 Å². The Labute approximate surface area is 263 Å². The number of nitrogens with zero attached hydrogens (tertiary/aromatic N) is 6. The zero-order valence-electron chi connectivity index (χ0n) is 26.2. The van der Waals surface area contributed by atoms with E-state index in [0.29, 0.717) is 58.0 Å². The number of amides is 1. The predicted molar refractivity (Wildman–Crippen MR) is 175 cm³/mol. The molecule has 5 heterocycles. The average molecular weight is 625 g/mol. The van der Waals surface area contributed by atoms with Gasteiger partial charge in [-0.25, -0.2) is 18.7 Å². The van der Waals surface area contributed by atoms with E-state index in [2.05, 4.69) is 40.8 Å². The monoisotopic (exact) mass is 624 g/mol. The molecule has 4 N–H and O–H groups in total. The van der Waals surface area contributed by atoms with Crippen LogP contribution in [-0.2, 0) is 4.79 Å². The zero-order chi connectivity index (χ0) is 32.6. The molecule has 236 valence electrons. The number of imidazole rings is 1. The Hall–Kier alpha value is -5.30. The highest BCUT2D eigenvalue weighted by Crippen LogP contribution is 2.35. The first-order valence-corrected chi connectivity index (χ1v) is 14.8. The van der Waals surface area contributed by atoms with E-state index in [4.69, 9.17) is 4.98 Å². The first-order valence-electron chi connectivity index (χ1n) is 14.8. The molecule has 0 aliphatic carbocycles. The van der Waals surface area contributed by atoms with Crippen molar-refractivity contribution in [1.82, 2.24) is 40.0 Å². The fourth-order valence-electron chi connectivity index (χ4n) is 5.18. The smallest absolute Gasteiger partial charge is 0.224 e. The van der Waals surface area contributed by atoms with Gasteiger partial charge in [0.25, 0.3) is 0 Å². The molecule has 0 aliphatic heterocycles. The average Bonchev–Trinajstić information content (AvgIpc) is 3.61. The van der Waals surface area contributed by atoms with E-state index in [0.717, 1.165) is 6.54 Å². The number of hydrogen-bond acceptors (Lipinski definition) is 8. The van der Waals surface area contributed by atoms with Crippen LogP contribution < -0.4 is 10.6 Å². The summed E-state index contributed by atoms with van der Waals surface area (Å²) in [7, 11) is 3.94. The second-order valence-electron chi connectivity index (χ2n) is 12.6. The predicted octanol–water partition coefficient (Wildman–Crippen LogP) is 6.25. The maximum atomic E-state index is 16.3. The van der Waals surface area contributed by atoms with Gasteiger partial charge in [-0.1, -0.05) is 20.8 Å². The van der Waals surface area contributed by atoms with E-state index in [1.165, 1.54) is 30.7 Å². The second kappa shape index (κ2) is 12.2. The van der Waals surface area contributed by atoms with Crippen molar-refractivity contribution in [2.24, 2.45) is 5.41 Å². The van der Waals surface area contributed by atoms with Crippen molar-refractivity contribution >= 4 is 39.3 Å². The zero-order valence-corrected chi connectivity index (χ0v) is 26.2. The number of carbonyl (C=O) groups is 1. The third kappa shape index (κ3) is 6.54. The van der Waals surface area contributed by atoms with Gasteiger partial charge in [-0.3, -0.25) is 19.9 Å². The molecule has 6 rings (SSSR count). The number of fused-ring (bicyclic) bond motifs is 2. The van der Waals surface area contributed by atoms with Crippen molar-refractivity contribution in [3.05, 3.63) is 66.8 Å². The number of pyridine rings is 3. The molecule has 0 saturated carbocycles. The van der Waals surface area contributed by atoms with Crippen LogP contribution in [0.3, 0.4) is 0 Å². The van der Waals surface area contributed by atoms with Crippen molar-refractivity contribution in [3.63, 3.8) is 0 Å². The molecule has 0 saturated heterocycles. The lowest BCUT2D eigenvalue weighted by molar-refractivity contribution is -0.117. The number of anilines is 2. The Bertz CT molecular complexity index is 2060. The van der Waals surface area contributed by atoms with Gasteiger partial charge in [0.1, 0.15) is 22.8 Å². The molecule has 46 heavy (non-hydrogen) atoms. The summed E-state index contributed by atoms with van der Waals surface area (Å²) in [5, 5.41) is 13.3. The standard InChI is InChI=1S/C33H34F2N10O/c1-33(2,3)14-25(46)40-22-12-19(15-36-16-22)23-17-39-31-26(27(23)35)30(43-44-31)32-41-24-6-7-38-28(29(24)42-32)18-10-20(34)13-21(11-18)37-8-9-45(4)5/h6-7,10-13,15-17,37H,8-9,14H2,1-5H3,(H,40,46)(H,41,42)(H,39,43,44). The van der Waals surface area contributed by atoms with Crippen LogP contribution in [0.25, 0.3) is 56.0 Å². The SMILES string of the molecule is CN(C)CCNc1cc(F)cc(-c2nccc3[nH]c(-c4[nH]nc5ncc(-c6cncc(NC(=O)CC(C)(C)C)c6)c(F)c45)nc23)c1. The van der Waals surface area contributed by atoms with E-state index >= 15 is 4.39 Å². The Balaban J connectivity index is 1.36. The first-order chi connectivity index (χ1) is 21.9. The Morgan fingerprint density at radius 2 is 1.80 bits per heavy atom. The number of carbonyl (C=O) groups excluding carboxylic acids is 1. The molecule has 13 heteroatoms. The van der Waals surface area contributed by atoms with Gasteiger partial charge in [0, 0.05) is 60.5 Å². The molecular weight excluding hydrogens is 590 g/mol. The number of aromatic nitrogens is 7. The summed E-state index contributed by atoms with van der Waals surface area (Å²) in [4.78, 5) is 35.6. The van der Waals surface area contributed by atoms with Gasteiger partial charge in [-0.05, 0) is 49.8 Å². The number of nitrogens with one attached hydrogen (secondary N) is 4. The molecule has 0 aliphatic rings. The third-order valence-electron chi connectivity index (χ3n) is 7.24. The van der Waals surface area contributed by atoms with Crippen molar-refractivity contribution in [2.75, 3.05) is 37.8 Å². The first kappa shape index (κ1) is 30.7. The highest BCUT2D eigenvalue weighted by atomic mass is 19.1. The maximum absolute atomic E-state index is 16.3. The minimum Gasteiger partial charge on any atom is -0.384 e. The molecule has 11 nitrogen and oxygen atoms in total. The lowest BCUT2D eigenvalue weighted by Crippen LogP contribution is -2.20. The van der Waals surface area contributed by atoms with Gasteiger partial charge in [-0.15, -0.1) is 0 Å². The lowest BCUT2D eigenvalue weighted by Gasteiger charge is -2.17. The third-order valence-corrected chi connectivity index (χ3v) is 7.24. The van der Waals surface area contributed by atoms with E-state index in [1.807, 2.05) is 45.8 Å². The minimum atomic E-state index is -0.578. The molecule has 0 unspecified atom stereocenters. The summed E-state index contributed by atoms with van der Waals surface area (Å²) in [6.07, 6.45) is 6.33. The van der Waals surface area contributed by atoms with Crippen LogP contribution in [-0.4, -0.2) is 73.1 Å². The number of benzene rings is 1. The quantitative estimate of drug-likeness (QED) is 0.148. The second-order valence-corrected chi connectivity index (χ2v) is 12.6. The number of rotatable bonds is 9. The summed E-state index contributed by atoms with van der Waals surface area (Å²) in [6, 6.07) is 8.06. The van der Waals surface area contributed by atoms with Crippen molar-refractivity contribution in [3.8, 4) is 33.9 Å². The molecule has 0 atom stereocenters. The molecule has 1 aromatic carbocycles. The van der Waals surface area contributed by atoms with Gasteiger partial charge in [-0.2, -0.15) is 5.10 Å². The van der Waals surface area contributed by atoms with Gasteiger partial charge in [0.05, 0.1) is 28.5 Å². The molecule has 0 radical (unpaired) electrons. The van der Waals surface area contributed by atoms with Crippen molar-refractivity contribution < 1.29 is 13.6 Å². The molecule has 6 aromatic rings. The maximum Gasteiger partial charge on any atom is 0.224 e. The van der Waals surface area contributed by atoms with E-state index < -0.39 is 11.6 Å². The topological polar surface area (TPSA) is 140 Å². The Morgan fingerprint density at radius 3 is 2.59 bits per heavy atom.